The number of aromatic nitrogens is 2. The fourth-order valence-corrected chi connectivity index (χ4v) is 3.51. The number of fused-ring (bicyclic) bond motifs is 1. The van der Waals surface area contributed by atoms with Crippen molar-refractivity contribution in [3.8, 4) is 0 Å². The first-order valence-electron chi connectivity index (χ1n) is 8.32. The number of anilines is 1. The minimum absolute atomic E-state index is 0.193. The lowest BCUT2D eigenvalue weighted by Gasteiger charge is -2.35. The Balaban J connectivity index is 1.48. The lowest BCUT2D eigenvalue weighted by Crippen LogP contribution is -2.46. The maximum absolute atomic E-state index is 13.0. The smallest absolute Gasteiger partial charge is 0.141 e. The molecule has 0 aliphatic carbocycles. The Bertz CT molecular complexity index is 871. The zero-order valence-electron chi connectivity index (χ0n) is 13.7. The molecule has 0 spiro atoms. The van der Waals surface area contributed by atoms with Crippen LogP contribution in [0.2, 0.25) is 5.02 Å². The van der Waals surface area contributed by atoms with E-state index in [1.165, 1.54) is 12.1 Å². The molecule has 3 aromatic rings. The minimum atomic E-state index is -0.193. The third kappa shape index (κ3) is 3.43. The molecule has 1 aliphatic heterocycles. The van der Waals surface area contributed by atoms with Crippen molar-refractivity contribution in [2.45, 2.75) is 6.54 Å². The predicted octanol–water partition coefficient (Wildman–Crippen LogP) is 3.74. The normalized spacial score (nSPS) is 15.7. The molecular weight excluding hydrogens is 339 g/mol. The second kappa shape index (κ2) is 6.94. The highest BCUT2D eigenvalue weighted by atomic mass is 35.5. The number of halogens is 2. The van der Waals surface area contributed by atoms with Gasteiger partial charge in [-0.1, -0.05) is 29.8 Å². The molecule has 4 rings (SSSR count). The van der Waals surface area contributed by atoms with Crippen LogP contribution < -0.4 is 4.90 Å². The Morgan fingerprint density at radius 1 is 0.960 bits per heavy atom. The first-order valence-corrected chi connectivity index (χ1v) is 8.69. The van der Waals surface area contributed by atoms with Gasteiger partial charge in [-0.25, -0.2) is 14.4 Å². The van der Waals surface area contributed by atoms with Crippen LogP contribution in [0.25, 0.3) is 10.9 Å². The van der Waals surface area contributed by atoms with Crippen LogP contribution >= 0.6 is 11.6 Å². The molecule has 2 aromatic carbocycles. The average Bonchev–Trinajstić information content (AvgIpc) is 2.64. The molecular formula is C19H18ClFN4. The van der Waals surface area contributed by atoms with Gasteiger partial charge in [-0.3, -0.25) is 4.90 Å². The van der Waals surface area contributed by atoms with Crippen LogP contribution in [0.4, 0.5) is 10.2 Å². The molecule has 0 radical (unpaired) electrons. The number of nitrogens with zero attached hydrogens (tertiary/aromatic N) is 4. The van der Waals surface area contributed by atoms with Gasteiger partial charge in [0.2, 0.25) is 0 Å². The molecule has 1 saturated heterocycles. The average molecular weight is 357 g/mol. The molecule has 1 aliphatic rings. The van der Waals surface area contributed by atoms with Crippen molar-refractivity contribution < 1.29 is 4.39 Å². The van der Waals surface area contributed by atoms with E-state index in [0.717, 1.165) is 55.0 Å². The number of rotatable bonds is 3. The summed E-state index contributed by atoms with van der Waals surface area (Å²) >= 11 is 6.38. The Labute approximate surface area is 150 Å². The summed E-state index contributed by atoms with van der Waals surface area (Å²) in [6, 6.07) is 12.5. The van der Waals surface area contributed by atoms with Crippen LogP contribution in [0.3, 0.4) is 0 Å². The van der Waals surface area contributed by atoms with Crippen molar-refractivity contribution in [2.75, 3.05) is 31.1 Å². The van der Waals surface area contributed by atoms with Crippen molar-refractivity contribution >= 4 is 28.3 Å². The Morgan fingerprint density at radius 2 is 1.72 bits per heavy atom. The summed E-state index contributed by atoms with van der Waals surface area (Å²) in [4.78, 5) is 13.4. The molecule has 128 valence electrons. The maximum Gasteiger partial charge on any atom is 0.141 e. The summed E-state index contributed by atoms with van der Waals surface area (Å²) in [7, 11) is 0. The van der Waals surface area contributed by atoms with Gasteiger partial charge in [0.1, 0.15) is 18.0 Å². The van der Waals surface area contributed by atoms with Crippen LogP contribution in [-0.4, -0.2) is 41.0 Å². The van der Waals surface area contributed by atoms with Crippen molar-refractivity contribution in [1.82, 2.24) is 14.9 Å². The number of benzene rings is 2. The lowest BCUT2D eigenvalue weighted by atomic mass is 10.2. The maximum atomic E-state index is 13.0. The van der Waals surface area contributed by atoms with Crippen molar-refractivity contribution in [2.24, 2.45) is 0 Å². The van der Waals surface area contributed by atoms with Crippen molar-refractivity contribution in [3.63, 3.8) is 0 Å². The zero-order valence-corrected chi connectivity index (χ0v) is 14.5. The summed E-state index contributed by atoms with van der Waals surface area (Å²) in [5.74, 6) is 0.707. The SMILES string of the molecule is Fc1ccc(CN2CCN(c3ncnc4cccc(Cl)c34)CC2)cc1. The van der Waals surface area contributed by atoms with Gasteiger partial charge >= 0.3 is 0 Å². The van der Waals surface area contributed by atoms with Gasteiger partial charge in [-0.05, 0) is 29.8 Å². The number of hydrogen-bond acceptors (Lipinski definition) is 4. The highest BCUT2D eigenvalue weighted by Gasteiger charge is 2.21. The summed E-state index contributed by atoms with van der Waals surface area (Å²) in [5, 5.41) is 1.60. The highest BCUT2D eigenvalue weighted by Crippen LogP contribution is 2.30. The topological polar surface area (TPSA) is 32.3 Å². The van der Waals surface area contributed by atoms with Crippen LogP contribution in [0.1, 0.15) is 5.56 Å². The third-order valence-electron chi connectivity index (χ3n) is 4.58. The molecule has 0 amide bonds. The Hall–Kier alpha value is -2.24. The van der Waals surface area contributed by atoms with Crippen LogP contribution in [0.15, 0.2) is 48.8 Å². The van der Waals surface area contributed by atoms with Gasteiger partial charge in [0.05, 0.1) is 15.9 Å². The Kier molecular flexibility index (Phi) is 4.51. The molecule has 0 atom stereocenters. The molecule has 1 fully saturated rings. The van der Waals surface area contributed by atoms with Gasteiger partial charge in [0, 0.05) is 32.7 Å². The van der Waals surface area contributed by atoms with Crippen LogP contribution in [0, 0.1) is 5.82 Å². The quantitative estimate of drug-likeness (QED) is 0.715. The molecule has 0 unspecified atom stereocenters. The zero-order chi connectivity index (χ0) is 17.2. The van der Waals surface area contributed by atoms with Gasteiger partial charge < -0.3 is 4.90 Å². The van der Waals surface area contributed by atoms with E-state index < -0.39 is 0 Å². The van der Waals surface area contributed by atoms with E-state index in [9.17, 15) is 4.39 Å². The fraction of sp³-hybridized carbons (Fsp3) is 0.263. The molecule has 4 nitrogen and oxygen atoms in total. The molecule has 0 N–H and O–H groups in total. The van der Waals surface area contributed by atoms with Crippen molar-refractivity contribution in [1.29, 1.82) is 0 Å². The minimum Gasteiger partial charge on any atom is -0.353 e. The van der Waals surface area contributed by atoms with Crippen molar-refractivity contribution in [3.05, 3.63) is 65.2 Å². The second-order valence-corrected chi connectivity index (χ2v) is 6.63. The monoisotopic (exact) mass is 356 g/mol. The van der Waals surface area contributed by atoms with E-state index in [1.54, 1.807) is 6.33 Å². The predicted molar refractivity (Wildman–Crippen MR) is 98.4 cm³/mol. The van der Waals surface area contributed by atoms with E-state index in [0.29, 0.717) is 5.02 Å². The standard InChI is InChI=1S/C19H18ClFN4/c20-16-2-1-3-17-18(16)19(23-13-22-17)25-10-8-24(9-11-25)12-14-4-6-15(21)7-5-14/h1-7,13H,8-12H2. The summed E-state index contributed by atoms with van der Waals surface area (Å²) in [6.45, 7) is 4.43. The summed E-state index contributed by atoms with van der Waals surface area (Å²) in [6.07, 6.45) is 1.60. The van der Waals surface area contributed by atoms with E-state index in [2.05, 4.69) is 19.8 Å². The highest BCUT2D eigenvalue weighted by molar-refractivity contribution is 6.36. The number of piperazine rings is 1. The van der Waals surface area contributed by atoms with Gasteiger partial charge in [0.15, 0.2) is 0 Å². The largest absolute Gasteiger partial charge is 0.353 e. The fourth-order valence-electron chi connectivity index (χ4n) is 3.26. The molecule has 25 heavy (non-hydrogen) atoms. The van der Waals surface area contributed by atoms with E-state index in [1.807, 2.05) is 30.3 Å². The molecule has 2 heterocycles. The third-order valence-corrected chi connectivity index (χ3v) is 4.90. The molecule has 6 heteroatoms. The molecule has 0 saturated carbocycles. The van der Waals surface area contributed by atoms with Crippen LogP contribution in [0.5, 0.6) is 0 Å². The van der Waals surface area contributed by atoms with E-state index >= 15 is 0 Å². The number of hydrogen-bond donors (Lipinski definition) is 0. The van der Waals surface area contributed by atoms with E-state index in [4.69, 9.17) is 11.6 Å². The van der Waals surface area contributed by atoms with Gasteiger partial charge in [-0.15, -0.1) is 0 Å². The first kappa shape index (κ1) is 16.2. The summed E-state index contributed by atoms with van der Waals surface area (Å²) < 4.78 is 13.0. The lowest BCUT2D eigenvalue weighted by molar-refractivity contribution is 0.249. The first-order chi connectivity index (χ1) is 12.2. The van der Waals surface area contributed by atoms with Gasteiger partial charge in [-0.2, -0.15) is 0 Å². The van der Waals surface area contributed by atoms with Crippen LogP contribution in [-0.2, 0) is 6.54 Å². The Morgan fingerprint density at radius 3 is 2.48 bits per heavy atom. The molecule has 0 bridgehead atoms. The molecule has 1 aromatic heterocycles. The summed E-state index contributed by atoms with van der Waals surface area (Å²) in [5.41, 5.74) is 2.00. The second-order valence-electron chi connectivity index (χ2n) is 6.22. The van der Waals surface area contributed by atoms with Gasteiger partial charge in [0.25, 0.3) is 0 Å². The van der Waals surface area contributed by atoms with E-state index in [-0.39, 0.29) is 5.82 Å².